The third-order valence-corrected chi connectivity index (χ3v) is 4.83. The van der Waals surface area contributed by atoms with Gasteiger partial charge in [0.25, 0.3) is 5.91 Å². The smallest absolute Gasteiger partial charge is 0.251 e. The lowest BCUT2D eigenvalue weighted by molar-refractivity contribution is 0.0911. The van der Waals surface area contributed by atoms with Gasteiger partial charge in [0, 0.05) is 24.7 Å². The van der Waals surface area contributed by atoms with Gasteiger partial charge in [0.2, 0.25) is 0 Å². The van der Waals surface area contributed by atoms with E-state index < -0.39 is 0 Å². The summed E-state index contributed by atoms with van der Waals surface area (Å²) in [7, 11) is 0. The molecule has 3 rings (SSSR count). The molecule has 1 aliphatic rings. The van der Waals surface area contributed by atoms with Gasteiger partial charge in [0.05, 0.1) is 0 Å². The molecule has 1 heterocycles. The van der Waals surface area contributed by atoms with Crippen molar-refractivity contribution in [3.8, 4) is 5.75 Å². The summed E-state index contributed by atoms with van der Waals surface area (Å²) >= 11 is 0. The van der Waals surface area contributed by atoms with Gasteiger partial charge in [-0.1, -0.05) is 37.3 Å². The minimum Gasteiger partial charge on any atom is -0.489 e. The molecule has 4 nitrogen and oxygen atoms in total. The summed E-state index contributed by atoms with van der Waals surface area (Å²) in [5.74, 6) is 0.873. The summed E-state index contributed by atoms with van der Waals surface area (Å²) in [4.78, 5) is 14.9. The van der Waals surface area contributed by atoms with Gasteiger partial charge in [-0.3, -0.25) is 4.79 Å². The topological polar surface area (TPSA) is 41.6 Å². The number of ether oxygens (including phenoxy) is 1. The zero-order valence-corrected chi connectivity index (χ0v) is 15.5. The number of piperidine rings is 1. The molecular formula is C22H28N2O2. The van der Waals surface area contributed by atoms with Crippen LogP contribution in [0.25, 0.3) is 0 Å². The van der Waals surface area contributed by atoms with Gasteiger partial charge < -0.3 is 15.0 Å². The minimum absolute atomic E-state index is 0.0227. The Morgan fingerprint density at radius 3 is 2.42 bits per heavy atom. The molecular weight excluding hydrogens is 324 g/mol. The summed E-state index contributed by atoms with van der Waals surface area (Å²) in [6, 6.07) is 17.7. The Hall–Kier alpha value is -2.33. The Labute approximate surface area is 156 Å². The summed E-state index contributed by atoms with van der Waals surface area (Å²) in [5.41, 5.74) is 1.77. The monoisotopic (exact) mass is 352 g/mol. The predicted molar refractivity (Wildman–Crippen MR) is 104 cm³/mol. The average Bonchev–Trinajstić information content (AvgIpc) is 2.69. The Morgan fingerprint density at radius 2 is 1.77 bits per heavy atom. The number of nitrogens with one attached hydrogen (secondary N) is 1. The molecule has 0 saturated carbocycles. The van der Waals surface area contributed by atoms with Crippen LogP contribution in [0.15, 0.2) is 54.6 Å². The van der Waals surface area contributed by atoms with Crippen molar-refractivity contribution in [2.45, 2.75) is 38.8 Å². The van der Waals surface area contributed by atoms with Gasteiger partial charge in [0.1, 0.15) is 12.4 Å². The molecule has 1 saturated heterocycles. The Balaban J connectivity index is 1.46. The summed E-state index contributed by atoms with van der Waals surface area (Å²) in [6.45, 7) is 6.03. The second kappa shape index (κ2) is 9.39. The van der Waals surface area contributed by atoms with E-state index in [0.717, 1.165) is 43.8 Å². The Morgan fingerprint density at radius 1 is 1.08 bits per heavy atom. The molecule has 2 aromatic rings. The second-order valence-electron chi connectivity index (χ2n) is 6.89. The van der Waals surface area contributed by atoms with E-state index in [2.05, 4.69) is 17.1 Å². The maximum atomic E-state index is 12.5. The fourth-order valence-corrected chi connectivity index (χ4v) is 3.32. The largest absolute Gasteiger partial charge is 0.489 e. The second-order valence-corrected chi connectivity index (χ2v) is 6.89. The van der Waals surface area contributed by atoms with Gasteiger partial charge >= 0.3 is 0 Å². The Kier molecular flexibility index (Phi) is 6.67. The molecule has 4 heteroatoms. The van der Waals surface area contributed by atoms with E-state index in [1.165, 1.54) is 6.42 Å². The van der Waals surface area contributed by atoms with E-state index in [0.29, 0.717) is 12.2 Å². The number of rotatable bonds is 7. The molecule has 1 fully saturated rings. The van der Waals surface area contributed by atoms with Crippen LogP contribution in [0.4, 0.5) is 0 Å². The number of carbonyl (C=O) groups excluding carboxylic acids is 1. The maximum Gasteiger partial charge on any atom is 0.251 e. The van der Waals surface area contributed by atoms with Crippen molar-refractivity contribution < 1.29 is 9.53 Å². The van der Waals surface area contributed by atoms with Crippen LogP contribution < -0.4 is 10.1 Å². The first kappa shape index (κ1) is 18.5. The highest BCUT2D eigenvalue weighted by Crippen LogP contribution is 2.14. The first-order valence-electron chi connectivity index (χ1n) is 9.54. The van der Waals surface area contributed by atoms with E-state index in [1.807, 2.05) is 54.6 Å². The number of likely N-dealkylation sites (tertiary alicyclic amines) is 1. The summed E-state index contributed by atoms with van der Waals surface area (Å²) in [5, 5.41) is 3.18. The zero-order valence-electron chi connectivity index (χ0n) is 15.5. The first-order valence-corrected chi connectivity index (χ1v) is 9.54. The van der Waals surface area contributed by atoms with Crippen LogP contribution in [0.3, 0.4) is 0 Å². The molecule has 1 aliphatic heterocycles. The van der Waals surface area contributed by atoms with E-state index in [1.54, 1.807) is 0 Å². The molecule has 0 aromatic heterocycles. The highest BCUT2D eigenvalue weighted by Gasteiger charge is 2.20. The molecule has 26 heavy (non-hydrogen) atoms. The average molecular weight is 352 g/mol. The standard InChI is InChI=1S/C22H28N2O2/c1-2-14-24-15-12-20(13-16-24)23-22(25)19-10-8-18(9-11-19)17-26-21-6-4-3-5-7-21/h3-11,20H,2,12-17H2,1H3,(H,23,25). The molecule has 0 unspecified atom stereocenters. The van der Waals surface area contributed by atoms with E-state index in [4.69, 9.17) is 4.74 Å². The molecule has 2 aromatic carbocycles. The molecule has 0 bridgehead atoms. The van der Waals surface area contributed by atoms with E-state index in [9.17, 15) is 4.79 Å². The maximum absolute atomic E-state index is 12.5. The number of amides is 1. The first-order chi connectivity index (χ1) is 12.7. The lowest BCUT2D eigenvalue weighted by Gasteiger charge is -2.32. The number of para-hydroxylation sites is 1. The predicted octanol–water partition coefficient (Wildman–Crippen LogP) is 3.87. The fraction of sp³-hybridized carbons (Fsp3) is 0.409. The van der Waals surface area contributed by atoms with Crippen LogP contribution in [0.2, 0.25) is 0 Å². The van der Waals surface area contributed by atoms with Crippen molar-refractivity contribution in [3.63, 3.8) is 0 Å². The van der Waals surface area contributed by atoms with Crippen LogP contribution >= 0.6 is 0 Å². The summed E-state index contributed by atoms with van der Waals surface area (Å²) in [6.07, 6.45) is 3.26. The number of hydrogen-bond donors (Lipinski definition) is 1. The van der Waals surface area contributed by atoms with Crippen LogP contribution in [-0.2, 0) is 6.61 Å². The van der Waals surface area contributed by atoms with Crippen molar-refractivity contribution in [1.82, 2.24) is 10.2 Å². The number of nitrogens with zero attached hydrogens (tertiary/aromatic N) is 1. The van der Waals surface area contributed by atoms with Gasteiger partial charge in [-0.2, -0.15) is 0 Å². The van der Waals surface area contributed by atoms with Crippen LogP contribution in [-0.4, -0.2) is 36.5 Å². The van der Waals surface area contributed by atoms with Gasteiger partial charge in [0.15, 0.2) is 0 Å². The zero-order chi connectivity index (χ0) is 18.2. The molecule has 0 atom stereocenters. The third kappa shape index (κ3) is 5.33. The normalized spacial score (nSPS) is 15.6. The molecule has 0 aliphatic carbocycles. The van der Waals surface area contributed by atoms with Gasteiger partial charge in [-0.15, -0.1) is 0 Å². The minimum atomic E-state index is 0.0227. The molecule has 1 N–H and O–H groups in total. The van der Waals surface area contributed by atoms with Crippen molar-refractivity contribution in [2.75, 3.05) is 19.6 Å². The van der Waals surface area contributed by atoms with Crippen molar-refractivity contribution in [2.24, 2.45) is 0 Å². The van der Waals surface area contributed by atoms with Crippen LogP contribution in [0, 0.1) is 0 Å². The van der Waals surface area contributed by atoms with E-state index >= 15 is 0 Å². The lowest BCUT2D eigenvalue weighted by Crippen LogP contribution is -2.44. The SMILES string of the molecule is CCCN1CCC(NC(=O)c2ccc(COc3ccccc3)cc2)CC1. The highest BCUT2D eigenvalue weighted by atomic mass is 16.5. The molecule has 1 amide bonds. The van der Waals surface area contributed by atoms with Crippen LogP contribution in [0.1, 0.15) is 42.1 Å². The van der Waals surface area contributed by atoms with Gasteiger partial charge in [-0.05, 0) is 55.6 Å². The van der Waals surface area contributed by atoms with Crippen molar-refractivity contribution >= 4 is 5.91 Å². The van der Waals surface area contributed by atoms with Crippen molar-refractivity contribution in [3.05, 3.63) is 65.7 Å². The number of carbonyl (C=O) groups is 1. The number of benzene rings is 2. The number of hydrogen-bond acceptors (Lipinski definition) is 3. The highest BCUT2D eigenvalue weighted by molar-refractivity contribution is 5.94. The quantitative estimate of drug-likeness (QED) is 0.822. The Bertz CT molecular complexity index is 677. The molecule has 138 valence electrons. The fourth-order valence-electron chi connectivity index (χ4n) is 3.32. The van der Waals surface area contributed by atoms with Gasteiger partial charge in [-0.25, -0.2) is 0 Å². The third-order valence-electron chi connectivity index (χ3n) is 4.83. The van der Waals surface area contributed by atoms with Crippen LogP contribution in [0.5, 0.6) is 5.75 Å². The molecule has 0 radical (unpaired) electrons. The van der Waals surface area contributed by atoms with Crippen molar-refractivity contribution in [1.29, 1.82) is 0 Å². The van der Waals surface area contributed by atoms with E-state index in [-0.39, 0.29) is 11.9 Å². The molecule has 0 spiro atoms. The lowest BCUT2D eigenvalue weighted by atomic mass is 10.0. The summed E-state index contributed by atoms with van der Waals surface area (Å²) < 4.78 is 5.74.